The van der Waals surface area contributed by atoms with Crippen LogP contribution in [0.3, 0.4) is 0 Å². The Labute approximate surface area is 133 Å². The van der Waals surface area contributed by atoms with Crippen LogP contribution in [0.15, 0.2) is 29.4 Å². The van der Waals surface area contributed by atoms with Gasteiger partial charge in [0.15, 0.2) is 5.96 Å². The van der Waals surface area contributed by atoms with Crippen molar-refractivity contribution in [3.63, 3.8) is 0 Å². The van der Waals surface area contributed by atoms with E-state index in [2.05, 4.69) is 37.5 Å². The van der Waals surface area contributed by atoms with Gasteiger partial charge in [-0.3, -0.25) is 9.98 Å². The van der Waals surface area contributed by atoms with Crippen molar-refractivity contribution in [3.05, 3.63) is 30.1 Å². The van der Waals surface area contributed by atoms with E-state index >= 15 is 0 Å². The quantitative estimate of drug-likeness (QED) is 0.609. The maximum absolute atomic E-state index is 4.30. The first-order valence-corrected chi connectivity index (χ1v) is 8.03. The van der Waals surface area contributed by atoms with Gasteiger partial charge in [0.05, 0.1) is 12.2 Å². The largest absolute Gasteiger partial charge is 0.355 e. The molecule has 1 aliphatic heterocycles. The number of rotatable bonds is 5. The lowest BCUT2D eigenvalue weighted by Crippen LogP contribution is -2.42. The molecule has 0 spiro atoms. The number of likely N-dealkylation sites (N-methyl/N-ethyl adjacent to an activating group) is 1. The van der Waals surface area contributed by atoms with Gasteiger partial charge < -0.3 is 20.4 Å². The smallest absolute Gasteiger partial charge is 0.191 e. The molecule has 1 saturated heterocycles. The molecule has 22 heavy (non-hydrogen) atoms. The Morgan fingerprint density at radius 2 is 2.14 bits per heavy atom. The van der Waals surface area contributed by atoms with Gasteiger partial charge in [-0.2, -0.15) is 0 Å². The molecule has 0 atom stereocenters. The topological polar surface area (TPSA) is 55.8 Å². The van der Waals surface area contributed by atoms with Gasteiger partial charge in [0.2, 0.25) is 0 Å². The van der Waals surface area contributed by atoms with E-state index < -0.39 is 0 Å². The lowest BCUT2D eigenvalue weighted by molar-refractivity contribution is 0.280. The highest BCUT2D eigenvalue weighted by atomic mass is 15.2. The third-order valence-electron chi connectivity index (χ3n) is 3.92. The maximum Gasteiger partial charge on any atom is 0.191 e. The van der Waals surface area contributed by atoms with Crippen LogP contribution in [0.25, 0.3) is 0 Å². The van der Waals surface area contributed by atoms with Crippen LogP contribution in [-0.2, 0) is 6.54 Å². The number of aliphatic imine (C=N–C) groups is 1. The molecule has 1 fully saturated rings. The molecule has 0 aliphatic carbocycles. The molecule has 6 heteroatoms. The lowest BCUT2D eigenvalue weighted by atomic mass is 10.3. The molecular formula is C16H28N6. The van der Waals surface area contributed by atoms with E-state index in [0.717, 1.165) is 37.8 Å². The first-order valence-electron chi connectivity index (χ1n) is 8.03. The van der Waals surface area contributed by atoms with Gasteiger partial charge in [-0.25, -0.2) is 0 Å². The van der Waals surface area contributed by atoms with Crippen molar-refractivity contribution in [1.82, 2.24) is 25.4 Å². The SMILES string of the molecule is CN=C(NCCN1CCCN(C)CC1)NCc1ccccn1. The Balaban J connectivity index is 1.66. The minimum atomic E-state index is 0.690. The van der Waals surface area contributed by atoms with E-state index in [9.17, 15) is 0 Å². The van der Waals surface area contributed by atoms with Crippen LogP contribution < -0.4 is 10.6 Å². The summed E-state index contributed by atoms with van der Waals surface area (Å²) in [5, 5.41) is 6.67. The molecule has 1 aliphatic rings. The molecule has 0 bridgehead atoms. The van der Waals surface area contributed by atoms with E-state index in [1.807, 2.05) is 24.4 Å². The minimum absolute atomic E-state index is 0.690. The standard InChI is InChI=1S/C16H28N6/c1-17-16(20-14-15-6-3-4-7-18-15)19-8-11-22-10-5-9-21(2)12-13-22/h3-4,6-7H,5,8-14H2,1-2H3,(H2,17,19,20). The van der Waals surface area contributed by atoms with Gasteiger partial charge in [0.1, 0.15) is 0 Å². The first kappa shape index (κ1) is 16.7. The molecule has 1 aromatic rings. The summed E-state index contributed by atoms with van der Waals surface area (Å²) >= 11 is 0. The zero-order valence-corrected chi connectivity index (χ0v) is 13.8. The summed E-state index contributed by atoms with van der Waals surface area (Å²) in [7, 11) is 4.00. The fourth-order valence-corrected chi connectivity index (χ4v) is 2.55. The van der Waals surface area contributed by atoms with Gasteiger partial charge in [0.25, 0.3) is 0 Å². The monoisotopic (exact) mass is 304 g/mol. The average Bonchev–Trinajstić information content (AvgIpc) is 2.76. The molecule has 2 N–H and O–H groups in total. The van der Waals surface area contributed by atoms with Crippen LogP contribution in [0.4, 0.5) is 0 Å². The second kappa shape index (κ2) is 9.38. The second-order valence-corrected chi connectivity index (χ2v) is 5.67. The Kier molecular flexibility index (Phi) is 7.12. The van der Waals surface area contributed by atoms with E-state index in [1.54, 1.807) is 7.05 Å². The number of hydrogen-bond donors (Lipinski definition) is 2. The summed E-state index contributed by atoms with van der Waals surface area (Å²) in [4.78, 5) is 13.5. The molecule has 0 saturated carbocycles. The second-order valence-electron chi connectivity index (χ2n) is 5.67. The van der Waals surface area contributed by atoms with Crippen molar-refractivity contribution < 1.29 is 0 Å². The van der Waals surface area contributed by atoms with E-state index in [4.69, 9.17) is 0 Å². The van der Waals surface area contributed by atoms with Gasteiger partial charge in [-0.05, 0) is 38.7 Å². The molecule has 2 heterocycles. The van der Waals surface area contributed by atoms with Crippen molar-refractivity contribution in [2.24, 2.45) is 4.99 Å². The molecule has 2 rings (SSSR count). The van der Waals surface area contributed by atoms with Gasteiger partial charge in [0, 0.05) is 39.4 Å². The Morgan fingerprint density at radius 1 is 1.23 bits per heavy atom. The van der Waals surface area contributed by atoms with Crippen molar-refractivity contribution >= 4 is 5.96 Å². The van der Waals surface area contributed by atoms with E-state index in [1.165, 1.54) is 19.5 Å². The molecular weight excluding hydrogens is 276 g/mol. The van der Waals surface area contributed by atoms with Crippen molar-refractivity contribution in [2.75, 3.05) is 53.4 Å². The maximum atomic E-state index is 4.30. The number of pyridine rings is 1. The summed E-state index contributed by atoms with van der Waals surface area (Å²) in [6.45, 7) is 7.35. The van der Waals surface area contributed by atoms with E-state index in [0.29, 0.717) is 6.54 Å². The number of nitrogens with zero attached hydrogens (tertiary/aromatic N) is 4. The minimum Gasteiger partial charge on any atom is -0.355 e. The van der Waals surface area contributed by atoms with E-state index in [-0.39, 0.29) is 0 Å². The summed E-state index contributed by atoms with van der Waals surface area (Å²) in [6.07, 6.45) is 3.06. The highest BCUT2D eigenvalue weighted by molar-refractivity contribution is 5.79. The summed E-state index contributed by atoms with van der Waals surface area (Å²) in [5.41, 5.74) is 1.01. The molecule has 0 aromatic carbocycles. The average molecular weight is 304 g/mol. The van der Waals surface area contributed by atoms with Gasteiger partial charge in [-0.1, -0.05) is 6.07 Å². The molecule has 0 unspecified atom stereocenters. The number of nitrogens with one attached hydrogen (secondary N) is 2. The van der Waals surface area contributed by atoms with Crippen LogP contribution in [0, 0.1) is 0 Å². The molecule has 0 amide bonds. The van der Waals surface area contributed by atoms with Crippen LogP contribution in [0.2, 0.25) is 0 Å². The molecule has 6 nitrogen and oxygen atoms in total. The fraction of sp³-hybridized carbons (Fsp3) is 0.625. The van der Waals surface area contributed by atoms with Gasteiger partial charge >= 0.3 is 0 Å². The third kappa shape index (κ3) is 5.99. The van der Waals surface area contributed by atoms with Crippen LogP contribution in [0.1, 0.15) is 12.1 Å². The fourth-order valence-electron chi connectivity index (χ4n) is 2.55. The molecule has 1 aromatic heterocycles. The summed E-state index contributed by atoms with van der Waals surface area (Å²) < 4.78 is 0. The predicted octanol–water partition coefficient (Wildman–Crippen LogP) is 0.384. The number of guanidine groups is 1. The van der Waals surface area contributed by atoms with Gasteiger partial charge in [-0.15, -0.1) is 0 Å². The van der Waals surface area contributed by atoms with Crippen molar-refractivity contribution in [2.45, 2.75) is 13.0 Å². The van der Waals surface area contributed by atoms with Crippen LogP contribution >= 0.6 is 0 Å². The summed E-state index contributed by atoms with van der Waals surface area (Å²) in [6, 6.07) is 5.93. The Bertz CT molecular complexity index is 447. The number of aromatic nitrogens is 1. The van der Waals surface area contributed by atoms with Crippen molar-refractivity contribution in [1.29, 1.82) is 0 Å². The predicted molar refractivity (Wildman–Crippen MR) is 91.0 cm³/mol. The Hall–Kier alpha value is -1.66. The first-order chi connectivity index (χ1) is 10.8. The molecule has 122 valence electrons. The Morgan fingerprint density at radius 3 is 2.91 bits per heavy atom. The highest BCUT2D eigenvalue weighted by Gasteiger charge is 2.11. The zero-order chi connectivity index (χ0) is 15.6. The van der Waals surface area contributed by atoms with Crippen molar-refractivity contribution in [3.8, 4) is 0 Å². The summed E-state index contributed by atoms with van der Waals surface area (Å²) in [5.74, 6) is 0.831. The van der Waals surface area contributed by atoms with Crippen LogP contribution in [0.5, 0.6) is 0 Å². The lowest BCUT2D eigenvalue weighted by Gasteiger charge is -2.21. The molecule has 0 radical (unpaired) electrons. The zero-order valence-electron chi connectivity index (χ0n) is 13.8. The normalized spacial score (nSPS) is 18.0. The highest BCUT2D eigenvalue weighted by Crippen LogP contribution is 1.99. The van der Waals surface area contributed by atoms with Crippen LogP contribution in [-0.4, -0.2) is 74.1 Å². The number of hydrogen-bond acceptors (Lipinski definition) is 4. The third-order valence-corrected chi connectivity index (χ3v) is 3.92.